The summed E-state index contributed by atoms with van der Waals surface area (Å²) in [6.45, 7) is 1.99. The molecule has 1 aromatic carbocycles. The van der Waals surface area contributed by atoms with E-state index in [9.17, 15) is 28.1 Å². The van der Waals surface area contributed by atoms with E-state index in [1.54, 1.807) is 6.92 Å². The Balaban J connectivity index is 1.47. The predicted octanol–water partition coefficient (Wildman–Crippen LogP) is 3.16. The number of rotatable bonds is 6. The molecule has 162 valence electrons. The molecule has 0 saturated carbocycles. The van der Waals surface area contributed by atoms with Gasteiger partial charge >= 0.3 is 24.3 Å². The zero-order valence-electron chi connectivity index (χ0n) is 15.6. The fraction of sp³-hybridized carbons (Fsp3) is 0.412. The number of fused-ring (bicyclic) bond motifs is 1. The quantitative estimate of drug-likeness (QED) is 0.552. The third-order valence-electron chi connectivity index (χ3n) is 4.24. The Morgan fingerprint density at radius 3 is 2.73 bits per heavy atom. The number of nitrogens with zero attached hydrogens (tertiary/aromatic N) is 3. The summed E-state index contributed by atoms with van der Waals surface area (Å²) in [6.07, 6.45) is -3.83. The Hall–Kier alpha value is -3.51. The van der Waals surface area contributed by atoms with Gasteiger partial charge in [-0.2, -0.15) is 0 Å². The highest BCUT2D eigenvalue weighted by molar-refractivity contribution is 5.67. The molecular formula is C17H17F3N4O6. The highest BCUT2D eigenvalue weighted by Crippen LogP contribution is 2.30. The van der Waals surface area contributed by atoms with E-state index in [2.05, 4.69) is 15.0 Å². The van der Waals surface area contributed by atoms with Crippen LogP contribution < -0.4 is 14.8 Å². The minimum absolute atomic E-state index is 0.0271. The maximum atomic E-state index is 12.1. The van der Waals surface area contributed by atoms with Crippen molar-refractivity contribution in [3.05, 3.63) is 46.1 Å². The molecule has 1 aliphatic heterocycles. The summed E-state index contributed by atoms with van der Waals surface area (Å²) in [5.41, 5.74) is -0.376. The van der Waals surface area contributed by atoms with Gasteiger partial charge in [0, 0.05) is 24.5 Å². The molecule has 0 aliphatic carbocycles. The number of nitrogens with one attached hydrogen (secondary N) is 1. The van der Waals surface area contributed by atoms with Crippen LogP contribution in [0.1, 0.15) is 18.9 Å². The second-order valence-corrected chi connectivity index (χ2v) is 6.76. The number of ether oxygens (including phenoxy) is 3. The number of hydrogen-bond donors (Lipinski definition) is 1. The lowest BCUT2D eigenvalue weighted by molar-refractivity contribution is -0.389. The van der Waals surface area contributed by atoms with Crippen LogP contribution in [0.15, 0.2) is 30.5 Å². The lowest BCUT2D eigenvalue weighted by atomic mass is 10.0. The zero-order chi connectivity index (χ0) is 21.9. The van der Waals surface area contributed by atoms with Gasteiger partial charge in [0.25, 0.3) is 0 Å². The lowest BCUT2D eigenvalue weighted by Crippen LogP contribution is -2.44. The van der Waals surface area contributed by atoms with E-state index >= 15 is 0 Å². The number of halogens is 3. The number of nitro groups is 1. The molecule has 1 unspecified atom stereocenters. The molecule has 1 N–H and O–H groups in total. The number of alkyl halides is 3. The van der Waals surface area contributed by atoms with Crippen LogP contribution in [0.2, 0.25) is 0 Å². The summed E-state index contributed by atoms with van der Waals surface area (Å²) in [6, 6.07) is 5.09. The van der Waals surface area contributed by atoms with Gasteiger partial charge in [0.1, 0.15) is 24.2 Å². The van der Waals surface area contributed by atoms with E-state index in [0.717, 1.165) is 12.1 Å². The first-order chi connectivity index (χ1) is 14.0. The third-order valence-corrected chi connectivity index (χ3v) is 4.24. The fourth-order valence-electron chi connectivity index (χ4n) is 2.70. The van der Waals surface area contributed by atoms with Crippen LogP contribution in [0.4, 0.5) is 23.8 Å². The fourth-order valence-corrected chi connectivity index (χ4v) is 2.70. The number of aryl methyl sites for hydroxylation is 1. The molecule has 1 aromatic heterocycles. The van der Waals surface area contributed by atoms with Crippen LogP contribution in [0.3, 0.4) is 0 Å². The van der Waals surface area contributed by atoms with E-state index in [1.165, 1.54) is 22.9 Å². The maximum Gasteiger partial charge on any atom is 0.573 e. The first-order valence-electron chi connectivity index (χ1n) is 8.69. The predicted molar refractivity (Wildman–Crippen MR) is 93.8 cm³/mol. The Kier molecular flexibility index (Phi) is 5.71. The van der Waals surface area contributed by atoms with Crippen molar-refractivity contribution in [3.8, 4) is 11.8 Å². The van der Waals surface area contributed by atoms with Crippen molar-refractivity contribution in [1.29, 1.82) is 0 Å². The van der Waals surface area contributed by atoms with Gasteiger partial charge in [-0.05, 0) is 29.5 Å². The summed E-state index contributed by atoms with van der Waals surface area (Å²) in [4.78, 5) is 25.9. The number of aromatic nitrogens is 2. The van der Waals surface area contributed by atoms with Crippen LogP contribution in [0.5, 0.6) is 11.8 Å². The number of carbonyl (C=O) groups is 1. The Morgan fingerprint density at radius 1 is 1.40 bits per heavy atom. The highest BCUT2D eigenvalue weighted by atomic mass is 19.4. The van der Waals surface area contributed by atoms with Crippen molar-refractivity contribution in [2.75, 3.05) is 6.61 Å². The topological polar surface area (TPSA) is 118 Å². The molecule has 0 bridgehead atoms. The second-order valence-electron chi connectivity index (χ2n) is 6.76. The Bertz CT molecular complexity index is 931. The SMILES string of the molecule is CC1(COC(=O)NCc2ccc(OC(F)(F)F)cc2)CCn2cc([N+](=O)[O-])nc2O1. The van der Waals surface area contributed by atoms with Crippen molar-refractivity contribution in [1.82, 2.24) is 14.9 Å². The third kappa shape index (κ3) is 5.52. The molecule has 1 atom stereocenters. The van der Waals surface area contributed by atoms with Gasteiger partial charge in [-0.15, -0.1) is 13.2 Å². The molecule has 1 amide bonds. The second kappa shape index (κ2) is 8.08. The van der Waals surface area contributed by atoms with Gasteiger partial charge in [-0.1, -0.05) is 12.1 Å². The van der Waals surface area contributed by atoms with Crippen LogP contribution in [0.25, 0.3) is 0 Å². The first kappa shape index (κ1) is 21.2. The van der Waals surface area contributed by atoms with Crippen molar-refractivity contribution in [3.63, 3.8) is 0 Å². The Morgan fingerprint density at radius 2 is 2.10 bits per heavy atom. The van der Waals surface area contributed by atoms with Gasteiger partial charge in [0.2, 0.25) is 0 Å². The minimum Gasteiger partial charge on any atom is -0.445 e. The smallest absolute Gasteiger partial charge is 0.445 e. The van der Waals surface area contributed by atoms with Gasteiger partial charge in [-0.3, -0.25) is 4.57 Å². The largest absolute Gasteiger partial charge is 0.573 e. The van der Waals surface area contributed by atoms with Crippen molar-refractivity contribution >= 4 is 11.9 Å². The van der Waals surface area contributed by atoms with Crippen molar-refractivity contribution < 1.29 is 37.1 Å². The zero-order valence-corrected chi connectivity index (χ0v) is 15.6. The van der Waals surface area contributed by atoms with Gasteiger partial charge in [0.05, 0.1) is 0 Å². The number of imidazole rings is 1. The number of benzene rings is 1. The average Bonchev–Trinajstić information content (AvgIpc) is 3.08. The molecule has 3 rings (SSSR count). The van der Waals surface area contributed by atoms with E-state index in [0.29, 0.717) is 18.5 Å². The summed E-state index contributed by atoms with van der Waals surface area (Å²) in [7, 11) is 0. The summed E-state index contributed by atoms with van der Waals surface area (Å²) in [5.74, 6) is -0.700. The van der Waals surface area contributed by atoms with E-state index in [4.69, 9.17) is 9.47 Å². The molecule has 13 heteroatoms. The van der Waals surface area contributed by atoms with E-state index in [-0.39, 0.29) is 30.7 Å². The molecule has 2 heterocycles. The van der Waals surface area contributed by atoms with Gasteiger partial charge in [0.15, 0.2) is 0 Å². The van der Waals surface area contributed by atoms with E-state index in [1.807, 2.05) is 0 Å². The molecule has 0 spiro atoms. The minimum atomic E-state index is -4.77. The number of amides is 1. The van der Waals surface area contributed by atoms with Crippen LogP contribution in [-0.2, 0) is 17.8 Å². The molecule has 0 fully saturated rings. The normalized spacial score (nSPS) is 18.1. The standard InChI is InChI=1S/C17H17F3N4O6/c1-16(6-7-23-9-13(24(26)27)22-14(23)30-16)10-28-15(25)21-8-11-2-4-12(5-3-11)29-17(18,19)20/h2-5,9H,6-8,10H2,1H3,(H,21,25). The van der Waals surface area contributed by atoms with Crippen LogP contribution in [0, 0.1) is 10.1 Å². The molecule has 2 aromatic rings. The monoisotopic (exact) mass is 430 g/mol. The molecular weight excluding hydrogens is 413 g/mol. The maximum absolute atomic E-state index is 12.1. The van der Waals surface area contributed by atoms with Gasteiger partial charge in [-0.25, -0.2) is 4.79 Å². The van der Waals surface area contributed by atoms with Crippen molar-refractivity contribution in [2.45, 2.75) is 38.4 Å². The molecule has 10 nitrogen and oxygen atoms in total. The van der Waals surface area contributed by atoms with Crippen LogP contribution in [-0.4, -0.2) is 39.1 Å². The molecule has 0 saturated heterocycles. The van der Waals surface area contributed by atoms with Crippen molar-refractivity contribution in [2.24, 2.45) is 0 Å². The van der Waals surface area contributed by atoms with Crippen LogP contribution >= 0.6 is 0 Å². The Labute approximate surface area is 167 Å². The first-order valence-corrected chi connectivity index (χ1v) is 8.69. The average molecular weight is 430 g/mol. The van der Waals surface area contributed by atoms with Gasteiger partial charge < -0.3 is 29.6 Å². The lowest BCUT2D eigenvalue weighted by Gasteiger charge is -2.31. The number of alkyl carbamates (subject to hydrolysis) is 1. The summed E-state index contributed by atoms with van der Waals surface area (Å²) >= 11 is 0. The number of hydrogen-bond acceptors (Lipinski definition) is 7. The number of carbonyl (C=O) groups excluding carboxylic acids is 1. The summed E-state index contributed by atoms with van der Waals surface area (Å²) < 4.78 is 52.5. The molecule has 1 aliphatic rings. The van der Waals surface area contributed by atoms with E-state index < -0.39 is 23.0 Å². The molecule has 30 heavy (non-hydrogen) atoms. The molecule has 0 radical (unpaired) electrons. The highest BCUT2D eigenvalue weighted by Gasteiger charge is 2.37. The summed E-state index contributed by atoms with van der Waals surface area (Å²) in [5, 5.41) is 13.3.